The van der Waals surface area contributed by atoms with Crippen LogP contribution in [0.15, 0.2) is 0 Å². The van der Waals surface area contributed by atoms with Crippen LogP contribution in [-0.2, 0) is 0 Å². The minimum Gasteiger partial charge on any atom is -0.302 e. The molecule has 3 unspecified atom stereocenters. The van der Waals surface area contributed by atoms with Gasteiger partial charge in [0.2, 0.25) is 0 Å². The fourth-order valence-electron chi connectivity index (χ4n) is 4.59. The first kappa shape index (κ1) is 14.8. The molecule has 3 rings (SSSR count). The molecule has 0 aromatic heterocycles. The van der Waals surface area contributed by atoms with E-state index in [0.29, 0.717) is 0 Å². The summed E-state index contributed by atoms with van der Waals surface area (Å²) in [7, 11) is 2.33. The number of nitrogens with zero attached hydrogens (tertiary/aromatic N) is 3. The minimum absolute atomic E-state index is 0.777. The van der Waals surface area contributed by atoms with Crippen LogP contribution >= 0.6 is 0 Å². The number of fused-ring (bicyclic) bond motifs is 1. The molecule has 3 heterocycles. The summed E-state index contributed by atoms with van der Waals surface area (Å²) in [6.07, 6.45) is 7.10. The zero-order valence-electron chi connectivity index (χ0n) is 13.7. The third kappa shape index (κ3) is 3.05. The van der Waals surface area contributed by atoms with Gasteiger partial charge in [-0.3, -0.25) is 9.80 Å². The second kappa shape index (κ2) is 6.33. The van der Waals surface area contributed by atoms with Crippen LogP contribution in [0.2, 0.25) is 0 Å². The van der Waals surface area contributed by atoms with Gasteiger partial charge in [0, 0.05) is 37.8 Å². The van der Waals surface area contributed by atoms with Crippen LogP contribution in [-0.4, -0.2) is 72.6 Å². The summed E-state index contributed by atoms with van der Waals surface area (Å²) in [5.41, 5.74) is 0. The van der Waals surface area contributed by atoms with Gasteiger partial charge < -0.3 is 4.90 Å². The Hall–Kier alpha value is -0.120. The number of piperazine rings is 1. The van der Waals surface area contributed by atoms with E-state index in [1.807, 2.05) is 0 Å². The number of rotatable bonds is 3. The van der Waals surface area contributed by atoms with Crippen molar-refractivity contribution in [2.24, 2.45) is 5.92 Å². The maximum atomic E-state index is 2.85. The number of piperidine rings is 1. The molecular formula is C17H33N3. The molecule has 3 saturated heterocycles. The first-order valence-electron chi connectivity index (χ1n) is 8.83. The van der Waals surface area contributed by atoms with Crippen molar-refractivity contribution in [3.63, 3.8) is 0 Å². The molecule has 0 amide bonds. The molecular weight excluding hydrogens is 246 g/mol. The maximum Gasteiger partial charge on any atom is 0.0247 e. The Labute approximate surface area is 125 Å². The molecule has 0 radical (unpaired) electrons. The van der Waals surface area contributed by atoms with E-state index >= 15 is 0 Å². The Morgan fingerprint density at radius 2 is 1.85 bits per heavy atom. The van der Waals surface area contributed by atoms with E-state index < -0.39 is 0 Å². The second-order valence-corrected chi connectivity index (χ2v) is 7.69. The maximum absolute atomic E-state index is 2.85. The molecule has 3 atom stereocenters. The first-order valence-corrected chi connectivity index (χ1v) is 8.83. The van der Waals surface area contributed by atoms with Crippen molar-refractivity contribution in [2.45, 2.75) is 64.1 Å². The van der Waals surface area contributed by atoms with E-state index in [1.54, 1.807) is 0 Å². The lowest BCUT2D eigenvalue weighted by Gasteiger charge is -2.48. The third-order valence-corrected chi connectivity index (χ3v) is 5.97. The normalized spacial score (nSPS) is 37.5. The fraction of sp³-hybridized carbons (Fsp3) is 1.00. The summed E-state index contributed by atoms with van der Waals surface area (Å²) in [6.45, 7) is 11.4. The Balaban J connectivity index is 1.65. The van der Waals surface area contributed by atoms with Crippen LogP contribution in [0.4, 0.5) is 0 Å². The van der Waals surface area contributed by atoms with E-state index in [0.717, 1.165) is 24.0 Å². The highest BCUT2D eigenvalue weighted by Gasteiger charge is 2.38. The van der Waals surface area contributed by atoms with E-state index in [9.17, 15) is 0 Å². The second-order valence-electron chi connectivity index (χ2n) is 7.69. The zero-order valence-corrected chi connectivity index (χ0v) is 13.7. The average molecular weight is 279 g/mol. The topological polar surface area (TPSA) is 9.72 Å². The van der Waals surface area contributed by atoms with Crippen LogP contribution in [0.5, 0.6) is 0 Å². The molecule has 3 fully saturated rings. The number of likely N-dealkylation sites (N-methyl/N-ethyl adjacent to an activating group) is 1. The van der Waals surface area contributed by atoms with Gasteiger partial charge in [0.1, 0.15) is 0 Å². The van der Waals surface area contributed by atoms with E-state index in [-0.39, 0.29) is 0 Å². The van der Waals surface area contributed by atoms with Crippen molar-refractivity contribution in [3.05, 3.63) is 0 Å². The molecule has 0 aromatic carbocycles. The summed E-state index contributed by atoms with van der Waals surface area (Å²) >= 11 is 0. The summed E-state index contributed by atoms with van der Waals surface area (Å²) in [5, 5.41) is 0. The van der Waals surface area contributed by atoms with Crippen molar-refractivity contribution < 1.29 is 0 Å². The van der Waals surface area contributed by atoms with Crippen LogP contribution in [0, 0.1) is 5.92 Å². The lowest BCUT2D eigenvalue weighted by Crippen LogP contribution is -2.60. The van der Waals surface area contributed by atoms with Gasteiger partial charge in [-0.05, 0) is 51.7 Å². The predicted octanol–water partition coefficient (Wildman–Crippen LogP) is 2.28. The lowest BCUT2D eigenvalue weighted by molar-refractivity contribution is 0.00705. The molecule has 0 saturated carbocycles. The highest BCUT2D eigenvalue weighted by molar-refractivity contribution is 4.94. The molecule has 0 N–H and O–H groups in total. The summed E-state index contributed by atoms with van der Waals surface area (Å²) < 4.78 is 0. The molecule has 3 aliphatic rings. The SMILES string of the molecule is CC(C)C1CN2CCCC2CN1CC1CCCCN1C. The molecule has 3 aliphatic heterocycles. The van der Waals surface area contributed by atoms with Crippen LogP contribution in [0.1, 0.15) is 46.0 Å². The smallest absolute Gasteiger partial charge is 0.0247 e. The highest BCUT2D eigenvalue weighted by atomic mass is 15.3. The fourth-order valence-corrected chi connectivity index (χ4v) is 4.59. The summed E-state index contributed by atoms with van der Waals surface area (Å²) in [5.74, 6) is 0.783. The minimum atomic E-state index is 0.777. The van der Waals surface area contributed by atoms with Gasteiger partial charge in [-0.1, -0.05) is 20.3 Å². The van der Waals surface area contributed by atoms with Gasteiger partial charge in [-0.2, -0.15) is 0 Å². The lowest BCUT2D eigenvalue weighted by atomic mass is 9.95. The van der Waals surface area contributed by atoms with E-state index in [2.05, 4.69) is 35.6 Å². The average Bonchev–Trinajstić information content (AvgIpc) is 2.87. The quantitative estimate of drug-likeness (QED) is 0.785. The third-order valence-electron chi connectivity index (χ3n) is 5.97. The Morgan fingerprint density at radius 1 is 1.00 bits per heavy atom. The Kier molecular flexibility index (Phi) is 4.68. The van der Waals surface area contributed by atoms with Gasteiger partial charge in [0.15, 0.2) is 0 Å². The van der Waals surface area contributed by atoms with E-state index in [4.69, 9.17) is 0 Å². The first-order chi connectivity index (χ1) is 9.65. The van der Waals surface area contributed by atoms with Gasteiger partial charge >= 0.3 is 0 Å². The van der Waals surface area contributed by atoms with Gasteiger partial charge in [0.25, 0.3) is 0 Å². The predicted molar refractivity (Wildman–Crippen MR) is 85.1 cm³/mol. The molecule has 0 aliphatic carbocycles. The number of hydrogen-bond acceptors (Lipinski definition) is 3. The monoisotopic (exact) mass is 279 g/mol. The van der Waals surface area contributed by atoms with Crippen molar-refractivity contribution in [1.82, 2.24) is 14.7 Å². The van der Waals surface area contributed by atoms with Gasteiger partial charge in [0.05, 0.1) is 0 Å². The van der Waals surface area contributed by atoms with E-state index in [1.165, 1.54) is 64.8 Å². The Bertz CT molecular complexity index is 317. The van der Waals surface area contributed by atoms with Gasteiger partial charge in [-0.25, -0.2) is 0 Å². The number of hydrogen-bond donors (Lipinski definition) is 0. The van der Waals surface area contributed by atoms with Crippen molar-refractivity contribution >= 4 is 0 Å². The van der Waals surface area contributed by atoms with Crippen LogP contribution in [0.3, 0.4) is 0 Å². The van der Waals surface area contributed by atoms with Crippen molar-refractivity contribution in [1.29, 1.82) is 0 Å². The van der Waals surface area contributed by atoms with Gasteiger partial charge in [-0.15, -0.1) is 0 Å². The summed E-state index contributed by atoms with van der Waals surface area (Å²) in [6, 6.07) is 2.44. The Morgan fingerprint density at radius 3 is 2.60 bits per heavy atom. The van der Waals surface area contributed by atoms with Crippen LogP contribution < -0.4 is 0 Å². The molecule has 116 valence electrons. The molecule has 0 bridgehead atoms. The molecule has 3 heteroatoms. The number of likely N-dealkylation sites (tertiary alicyclic amines) is 1. The molecule has 0 spiro atoms. The molecule has 0 aromatic rings. The van der Waals surface area contributed by atoms with Crippen LogP contribution in [0.25, 0.3) is 0 Å². The van der Waals surface area contributed by atoms with Crippen molar-refractivity contribution in [2.75, 3.05) is 39.8 Å². The zero-order chi connectivity index (χ0) is 14.1. The van der Waals surface area contributed by atoms with Crippen molar-refractivity contribution in [3.8, 4) is 0 Å². The standard InChI is InChI=1S/C17H33N3/c1-14(2)17-13-19-10-6-8-16(19)12-20(17)11-15-7-4-5-9-18(15)3/h14-17H,4-13H2,1-3H3. The highest BCUT2D eigenvalue weighted by Crippen LogP contribution is 2.29. The molecule has 3 nitrogen and oxygen atoms in total. The summed E-state index contributed by atoms with van der Waals surface area (Å²) in [4.78, 5) is 8.23. The largest absolute Gasteiger partial charge is 0.302 e. The molecule has 20 heavy (non-hydrogen) atoms.